The Labute approximate surface area is 168 Å². The number of hydrogen-bond acceptors (Lipinski definition) is 3. The van der Waals surface area contributed by atoms with Crippen LogP contribution < -0.4 is 0 Å². The van der Waals surface area contributed by atoms with Crippen LogP contribution in [0.2, 0.25) is 5.02 Å². The van der Waals surface area contributed by atoms with E-state index in [1.807, 2.05) is 72.8 Å². The van der Waals surface area contributed by atoms with E-state index in [9.17, 15) is 0 Å². The quantitative estimate of drug-likeness (QED) is 0.247. The zero-order valence-corrected chi connectivity index (χ0v) is 16.7. The van der Waals surface area contributed by atoms with Crippen LogP contribution >= 0.6 is 35.1 Å². The van der Waals surface area contributed by atoms with Gasteiger partial charge in [0, 0.05) is 14.8 Å². The van der Waals surface area contributed by atoms with Crippen LogP contribution in [-0.2, 0) is 0 Å². The monoisotopic (exact) mass is 395 g/mol. The molecule has 3 aromatic carbocycles. The van der Waals surface area contributed by atoms with E-state index < -0.39 is 0 Å². The van der Waals surface area contributed by atoms with Crippen LogP contribution in [0.4, 0.5) is 5.69 Å². The Morgan fingerprint density at radius 1 is 0.808 bits per heavy atom. The second-order valence-electron chi connectivity index (χ2n) is 5.54. The van der Waals surface area contributed by atoms with Gasteiger partial charge in [0.15, 0.2) is 0 Å². The molecule has 0 aliphatic heterocycles. The van der Waals surface area contributed by atoms with Gasteiger partial charge in [-0.05, 0) is 66.4 Å². The average Bonchev–Trinajstić information content (AvgIpc) is 2.69. The molecule has 0 unspecified atom stereocenters. The third-order valence-corrected chi connectivity index (χ3v) is 5.85. The summed E-state index contributed by atoms with van der Waals surface area (Å²) in [5, 5.41) is 3.87. The largest absolute Gasteiger partial charge is 0.241 e. The minimum Gasteiger partial charge on any atom is -0.241 e. The standard InChI is InChI=1S/C22H18ClNS2/c1-17(16-25-20-10-6-3-7-11-20)22(24-19-8-4-2-5-9-19)26-21-14-12-18(23)13-15-21/h2-16H,1H3/b17-16+,24-22?. The van der Waals surface area contributed by atoms with Crippen molar-refractivity contribution in [2.75, 3.05) is 0 Å². The summed E-state index contributed by atoms with van der Waals surface area (Å²) < 4.78 is 0. The van der Waals surface area contributed by atoms with Crippen molar-refractivity contribution in [1.82, 2.24) is 0 Å². The fourth-order valence-corrected chi connectivity index (χ4v) is 3.94. The minimum absolute atomic E-state index is 0.739. The molecule has 0 aliphatic carbocycles. The first-order valence-corrected chi connectivity index (χ1v) is 10.2. The number of para-hydroxylation sites is 1. The molecule has 3 rings (SSSR count). The Morgan fingerprint density at radius 2 is 1.42 bits per heavy atom. The van der Waals surface area contributed by atoms with E-state index >= 15 is 0 Å². The SMILES string of the molecule is C/C(=C\Sc1ccccc1)C(=Nc1ccccc1)Sc1ccc(Cl)cc1. The van der Waals surface area contributed by atoms with E-state index in [1.165, 1.54) is 4.90 Å². The number of halogens is 1. The highest BCUT2D eigenvalue weighted by molar-refractivity contribution is 8.14. The molecule has 3 aromatic rings. The van der Waals surface area contributed by atoms with E-state index in [-0.39, 0.29) is 0 Å². The molecule has 1 nitrogen and oxygen atoms in total. The average molecular weight is 396 g/mol. The Hall–Kier alpha value is -1.94. The van der Waals surface area contributed by atoms with Gasteiger partial charge in [0.1, 0.15) is 5.04 Å². The lowest BCUT2D eigenvalue weighted by atomic mass is 10.3. The van der Waals surface area contributed by atoms with Gasteiger partial charge >= 0.3 is 0 Å². The molecular formula is C22H18ClNS2. The van der Waals surface area contributed by atoms with Crippen molar-refractivity contribution in [3.63, 3.8) is 0 Å². The van der Waals surface area contributed by atoms with Crippen LogP contribution in [0.1, 0.15) is 6.92 Å². The summed E-state index contributed by atoms with van der Waals surface area (Å²) in [6.45, 7) is 2.10. The molecule has 0 spiro atoms. The van der Waals surface area contributed by atoms with Crippen molar-refractivity contribution in [2.24, 2.45) is 4.99 Å². The van der Waals surface area contributed by atoms with Crippen LogP contribution in [0.3, 0.4) is 0 Å². The van der Waals surface area contributed by atoms with Crippen molar-refractivity contribution < 1.29 is 0 Å². The number of rotatable bonds is 5. The van der Waals surface area contributed by atoms with Gasteiger partial charge < -0.3 is 0 Å². The van der Waals surface area contributed by atoms with Crippen LogP contribution in [0, 0.1) is 0 Å². The third-order valence-electron chi connectivity index (χ3n) is 3.47. The van der Waals surface area contributed by atoms with E-state index in [2.05, 4.69) is 24.5 Å². The van der Waals surface area contributed by atoms with E-state index in [1.54, 1.807) is 23.5 Å². The van der Waals surface area contributed by atoms with Gasteiger partial charge in [-0.15, -0.1) is 0 Å². The first-order valence-electron chi connectivity index (χ1n) is 8.17. The summed E-state index contributed by atoms with van der Waals surface area (Å²) in [7, 11) is 0. The van der Waals surface area contributed by atoms with Crippen LogP contribution in [0.15, 0.2) is 111 Å². The smallest absolute Gasteiger partial charge is 0.105 e. The second kappa shape index (κ2) is 9.67. The zero-order chi connectivity index (χ0) is 18.2. The molecule has 0 radical (unpaired) electrons. The molecule has 0 aliphatic rings. The summed E-state index contributed by atoms with van der Waals surface area (Å²) in [4.78, 5) is 7.18. The summed E-state index contributed by atoms with van der Waals surface area (Å²) in [6, 6.07) is 28.2. The number of aliphatic imine (C=N–C) groups is 1. The summed E-state index contributed by atoms with van der Waals surface area (Å²) in [5.41, 5.74) is 2.07. The predicted octanol–water partition coefficient (Wildman–Crippen LogP) is 7.86. The number of hydrogen-bond donors (Lipinski definition) is 0. The van der Waals surface area contributed by atoms with E-state index in [4.69, 9.17) is 16.6 Å². The number of benzene rings is 3. The maximum Gasteiger partial charge on any atom is 0.105 e. The number of nitrogens with zero attached hydrogens (tertiary/aromatic N) is 1. The molecule has 0 bridgehead atoms. The molecular weight excluding hydrogens is 378 g/mol. The van der Waals surface area contributed by atoms with Crippen LogP contribution in [0.25, 0.3) is 0 Å². The molecule has 0 heterocycles. The van der Waals surface area contributed by atoms with Gasteiger partial charge in [0.05, 0.1) is 5.69 Å². The molecule has 26 heavy (non-hydrogen) atoms. The Balaban J connectivity index is 1.86. The summed E-state index contributed by atoms with van der Waals surface area (Å²) in [6.07, 6.45) is 0. The van der Waals surface area contributed by atoms with Gasteiger partial charge in [-0.1, -0.05) is 71.5 Å². The van der Waals surface area contributed by atoms with E-state index in [0.717, 1.165) is 26.2 Å². The van der Waals surface area contributed by atoms with E-state index in [0.29, 0.717) is 0 Å². The lowest BCUT2D eigenvalue weighted by Crippen LogP contribution is -1.94. The van der Waals surface area contributed by atoms with Gasteiger partial charge in [-0.25, -0.2) is 4.99 Å². The highest BCUT2D eigenvalue weighted by Crippen LogP contribution is 2.29. The summed E-state index contributed by atoms with van der Waals surface area (Å²) in [5.74, 6) is 0. The van der Waals surface area contributed by atoms with Crippen LogP contribution in [0.5, 0.6) is 0 Å². The molecule has 0 fully saturated rings. The Morgan fingerprint density at radius 3 is 2.08 bits per heavy atom. The molecule has 0 saturated heterocycles. The lowest BCUT2D eigenvalue weighted by molar-refractivity contribution is 1.46. The first kappa shape index (κ1) is 18.8. The number of thioether (sulfide) groups is 2. The van der Waals surface area contributed by atoms with Crippen molar-refractivity contribution >= 4 is 45.9 Å². The zero-order valence-electron chi connectivity index (χ0n) is 14.3. The minimum atomic E-state index is 0.739. The van der Waals surface area contributed by atoms with Gasteiger partial charge in [0.2, 0.25) is 0 Å². The molecule has 0 N–H and O–H groups in total. The molecule has 0 amide bonds. The lowest BCUT2D eigenvalue weighted by Gasteiger charge is -2.08. The molecule has 0 atom stereocenters. The van der Waals surface area contributed by atoms with Crippen molar-refractivity contribution in [1.29, 1.82) is 0 Å². The molecule has 0 aromatic heterocycles. The maximum atomic E-state index is 6.00. The highest BCUT2D eigenvalue weighted by Gasteiger charge is 2.07. The highest BCUT2D eigenvalue weighted by atomic mass is 35.5. The van der Waals surface area contributed by atoms with Crippen molar-refractivity contribution in [3.05, 3.63) is 101 Å². The normalized spacial score (nSPS) is 12.2. The summed E-state index contributed by atoms with van der Waals surface area (Å²) >= 11 is 9.35. The van der Waals surface area contributed by atoms with Gasteiger partial charge in [0.25, 0.3) is 0 Å². The third kappa shape index (κ3) is 5.80. The fourth-order valence-electron chi connectivity index (χ4n) is 2.13. The second-order valence-corrected chi connectivity index (χ2v) is 7.98. The van der Waals surface area contributed by atoms with Crippen molar-refractivity contribution in [2.45, 2.75) is 16.7 Å². The van der Waals surface area contributed by atoms with Gasteiger partial charge in [-0.3, -0.25) is 0 Å². The van der Waals surface area contributed by atoms with Crippen LogP contribution in [-0.4, -0.2) is 5.04 Å². The van der Waals surface area contributed by atoms with Gasteiger partial charge in [-0.2, -0.15) is 0 Å². The molecule has 4 heteroatoms. The maximum absolute atomic E-state index is 6.00. The first-order chi connectivity index (χ1) is 12.7. The fraction of sp³-hybridized carbons (Fsp3) is 0.0455. The molecule has 0 saturated carbocycles. The predicted molar refractivity (Wildman–Crippen MR) is 117 cm³/mol. The van der Waals surface area contributed by atoms with Crippen molar-refractivity contribution in [3.8, 4) is 0 Å². The Bertz CT molecular complexity index is 888. The topological polar surface area (TPSA) is 12.4 Å². The molecule has 130 valence electrons. The Kier molecular flexibility index (Phi) is 7.01.